The molecule has 0 aliphatic carbocycles. The van der Waals surface area contributed by atoms with Gasteiger partial charge in [-0.2, -0.15) is 0 Å². The van der Waals surface area contributed by atoms with Crippen LogP contribution < -0.4 is 0 Å². The molecule has 0 fully saturated rings. The minimum atomic E-state index is -0.870. The van der Waals surface area contributed by atoms with E-state index in [-0.39, 0.29) is 0 Å². The number of esters is 4. The molecule has 0 aliphatic rings. The third-order valence-corrected chi connectivity index (χ3v) is 4.18. The maximum atomic E-state index is 11.5. The van der Waals surface area contributed by atoms with Crippen molar-refractivity contribution >= 4 is 23.9 Å². The van der Waals surface area contributed by atoms with E-state index in [2.05, 4.69) is 18.9 Å². The van der Waals surface area contributed by atoms with Crippen molar-refractivity contribution in [1.82, 2.24) is 0 Å². The van der Waals surface area contributed by atoms with Crippen LogP contribution in [0.2, 0.25) is 0 Å². The highest BCUT2D eigenvalue weighted by Crippen LogP contribution is 2.17. The molecule has 0 atom stereocenters. The van der Waals surface area contributed by atoms with Crippen LogP contribution in [-0.4, -0.2) is 52.3 Å². The molecule has 26 heavy (non-hydrogen) atoms. The Labute approximate surface area is 154 Å². The summed E-state index contributed by atoms with van der Waals surface area (Å²) in [6.07, 6.45) is 5.79. The summed E-state index contributed by atoms with van der Waals surface area (Å²) < 4.78 is 18.4. The smallest absolute Gasteiger partial charge is 0.320 e. The van der Waals surface area contributed by atoms with Crippen LogP contribution in [0, 0.1) is 11.8 Å². The summed E-state index contributed by atoms with van der Waals surface area (Å²) in [5.41, 5.74) is 0. The fraction of sp³-hybridized carbons (Fsp3) is 0.778. The summed E-state index contributed by atoms with van der Waals surface area (Å²) in [7, 11) is 4.98. The van der Waals surface area contributed by atoms with Gasteiger partial charge in [0, 0.05) is 0 Å². The summed E-state index contributed by atoms with van der Waals surface area (Å²) in [5.74, 6) is -4.04. The molecule has 0 aliphatic heterocycles. The fourth-order valence-electron chi connectivity index (χ4n) is 2.64. The van der Waals surface area contributed by atoms with E-state index in [0.29, 0.717) is 25.7 Å². The van der Waals surface area contributed by atoms with E-state index in [1.54, 1.807) is 0 Å². The minimum Gasteiger partial charge on any atom is -0.468 e. The van der Waals surface area contributed by atoms with Crippen LogP contribution in [-0.2, 0) is 38.1 Å². The molecule has 0 unspecified atom stereocenters. The van der Waals surface area contributed by atoms with Crippen LogP contribution in [0.25, 0.3) is 0 Å². The summed E-state index contributed by atoms with van der Waals surface area (Å²) in [6.45, 7) is 0. The Hall–Kier alpha value is -2.12. The predicted molar refractivity (Wildman–Crippen MR) is 92.0 cm³/mol. The maximum Gasteiger partial charge on any atom is 0.320 e. The van der Waals surface area contributed by atoms with Gasteiger partial charge >= 0.3 is 23.9 Å². The summed E-state index contributed by atoms with van der Waals surface area (Å²) >= 11 is 0. The van der Waals surface area contributed by atoms with E-state index in [9.17, 15) is 19.2 Å². The van der Waals surface area contributed by atoms with Crippen LogP contribution in [0.15, 0.2) is 0 Å². The Bertz CT molecular complexity index is 386. The molecule has 8 heteroatoms. The number of carbonyl (C=O) groups is 4. The summed E-state index contributed by atoms with van der Waals surface area (Å²) in [4.78, 5) is 46.2. The van der Waals surface area contributed by atoms with Crippen LogP contribution in [0.3, 0.4) is 0 Å². The van der Waals surface area contributed by atoms with Crippen LogP contribution in [0.1, 0.15) is 51.4 Å². The molecule has 0 saturated carbocycles. The van der Waals surface area contributed by atoms with Crippen molar-refractivity contribution < 1.29 is 38.1 Å². The van der Waals surface area contributed by atoms with Crippen molar-refractivity contribution in [2.24, 2.45) is 11.8 Å². The van der Waals surface area contributed by atoms with Gasteiger partial charge in [-0.05, 0) is 12.8 Å². The highest BCUT2D eigenvalue weighted by Gasteiger charge is 2.28. The Morgan fingerprint density at radius 2 is 0.731 bits per heavy atom. The lowest BCUT2D eigenvalue weighted by molar-refractivity contribution is -0.160. The average Bonchev–Trinajstić information content (AvgIpc) is 2.67. The first-order chi connectivity index (χ1) is 12.4. The Morgan fingerprint density at radius 1 is 0.500 bits per heavy atom. The average molecular weight is 374 g/mol. The number of unbranched alkanes of at least 4 members (excludes halogenated alkanes) is 5. The third kappa shape index (κ3) is 8.82. The fourth-order valence-corrected chi connectivity index (χ4v) is 2.64. The van der Waals surface area contributed by atoms with Crippen molar-refractivity contribution in [1.29, 1.82) is 0 Å². The van der Waals surface area contributed by atoms with Gasteiger partial charge < -0.3 is 18.9 Å². The summed E-state index contributed by atoms with van der Waals surface area (Å²) in [5, 5.41) is 0. The van der Waals surface area contributed by atoms with Gasteiger partial charge in [0.25, 0.3) is 0 Å². The SMILES string of the molecule is COC(=O)C(CCCCCCCCC(C(=O)OC)C(=O)OC)C(=O)OC. The topological polar surface area (TPSA) is 105 Å². The highest BCUT2D eigenvalue weighted by molar-refractivity contribution is 5.95. The van der Waals surface area contributed by atoms with E-state index < -0.39 is 35.7 Å². The van der Waals surface area contributed by atoms with E-state index in [4.69, 9.17) is 0 Å². The van der Waals surface area contributed by atoms with Gasteiger partial charge in [0.15, 0.2) is 11.8 Å². The van der Waals surface area contributed by atoms with Crippen LogP contribution >= 0.6 is 0 Å². The second kappa shape index (κ2) is 14.1. The predicted octanol–water partition coefficient (Wildman–Crippen LogP) is 2.03. The van der Waals surface area contributed by atoms with Crippen molar-refractivity contribution in [3.05, 3.63) is 0 Å². The van der Waals surface area contributed by atoms with Gasteiger partial charge in [-0.15, -0.1) is 0 Å². The maximum absolute atomic E-state index is 11.5. The van der Waals surface area contributed by atoms with E-state index in [1.807, 2.05) is 0 Å². The van der Waals surface area contributed by atoms with Crippen molar-refractivity contribution in [3.8, 4) is 0 Å². The van der Waals surface area contributed by atoms with Crippen molar-refractivity contribution in [2.45, 2.75) is 51.4 Å². The Balaban J connectivity index is 3.99. The first-order valence-corrected chi connectivity index (χ1v) is 8.74. The molecular formula is C18H30O8. The molecule has 0 radical (unpaired) electrons. The van der Waals surface area contributed by atoms with E-state index >= 15 is 0 Å². The van der Waals surface area contributed by atoms with Gasteiger partial charge in [-0.3, -0.25) is 19.2 Å². The second-order valence-electron chi connectivity index (χ2n) is 5.90. The zero-order chi connectivity index (χ0) is 19.9. The molecule has 0 spiro atoms. The number of hydrogen-bond donors (Lipinski definition) is 0. The van der Waals surface area contributed by atoms with Crippen LogP contribution in [0.5, 0.6) is 0 Å². The molecule has 0 amide bonds. The molecule has 0 N–H and O–H groups in total. The number of ether oxygens (including phenoxy) is 4. The van der Waals surface area contributed by atoms with Gasteiger partial charge in [-0.1, -0.05) is 38.5 Å². The first kappa shape index (κ1) is 23.9. The molecule has 0 aromatic rings. The quantitative estimate of drug-likeness (QED) is 0.209. The lowest BCUT2D eigenvalue weighted by atomic mass is 9.98. The molecule has 0 bridgehead atoms. The van der Waals surface area contributed by atoms with Crippen molar-refractivity contribution in [2.75, 3.05) is 28.4 Å². The number of carbonyl (C=O) groups excluding carboxylic acids is 4. The molecule has 0 aromatic carbocycles. The third-order valence-electron chi connectivity index (χ3n) is 4.18. The highest BCUT2D eigenvalue weighted by atomic mass is 16.5. The van der Waals surface area contributed by atoms with Crippen LogP contribution in [0.4, 0.5) is 0 Å². The van der Waals surface area contributed by atoms with Gasteiger partial charge in [0.05, 0.1) is 28.4 Å². The van der Waals surface area contributed by atoms with E-state index in [0.717, 1.165) is 25.7 Å². The normalized spacial score (nSPS) is 10.5. The number of methoxy groups -OCH3 is 4. The molecular weight excluding hydrogens is 344 g/mol. The largest absolute Gasteiger partial charge is 0.468 e. The minimum absolute atomic E-state index is 0.395. The lowest BCUT2D eigenvalue weighted by Crippen LogP contribution is -2.26. The molecule has 8 nitrogen and oxygen atoms in total. The van der Waals surface area contributed by atoms with Gasteiger partial charge in [-0.25, -0.2) is 0 Å². The Kier molecular flexibility index (Phi) is 12.9. The first-order valence-electron chi connectivity index (χ1n) is 8.74. The molecule has 0 heterocycles. The second-order valence-corrected chi connectivity index (χ2v) is 5.90. The van der Waals surface area contributed by atoms with Gasteiger partial charge in [0.1, 0.15) is 0 Å². The molecule has 150 valence electrons. The standard InChI is InChI=1S/C18H30O8/c1-23-15(19)13(16(20)24-2)11-9-7-5-6-8-10-12-14(17(21)25-3)18(22)26-4/h13-14H,5-12H2,1-4H3. The van der Waals surface area contributed by atoms with Crippen molar-refractivity contribution in [3.63, 3.8) is 0 Å². The lowest BCUT2D eigenvalue weighted by Gasteiger charge is -2.12. The molecule has 0 rings (SSSR count). The monoisotopic (exact) mass is 374 g/mol. The molecule has 0 aromatic heterocycles. The Morgan fingerprint density at radius 3 is 0.962 bits per heavy atom. The number of rotatable bonds is 13. The zero-order valence-electron chi connectivity index (χ0n) is 16.1. The zero-order valence-corrected chi connectivity index (χ0v) is 16.1. The van der Waals surface area contributed by atoms with Gasteiger partial charge in [0.2, 0.25) is 0 Å². The number of hydrogen-bond acceptors (Lipinski definition) is 8. The van der Waals surface area contributed by atoms with E-state index in [1.165, 1.54) is 28.4 Å². The molecule has 0 saturated heterocycles. The summed E-state index contributed by atoms with van der Waals surface area (Å²) in [6, 6.07) is 0.